The Balaban J connectivity index is 2.50. The number of nitrogens with one attached hydrogen (secondary N) is 1. The molecule has 0 radical (unpaired) electrons. The molecule has 0 bridgehead atoms. The van der Waals surface area contributed by atoms with Gasteiger partial charge < -0.3 is 10.1 Å². The van der Waals surface area contributed by atoms with Crippen LogP contribution in [0.3, 0.4) is 0 Å². The Bertz CT molecular complexity index is 382. The zero-order valence-corrected chi connectivity index (χ0v) is 10.5. The minimum absolute atomic E-state index is 0.162. The molecular formula is C14H19NO2. The van der Waals surface area contributed by atoms with E-state index in [4.69, 9.17) is 4.74 Å². The Kier molecular flexibility index (Phi) is 5.27. The van der Waals surface area contributed by atoms with E-state index < -0.39 is 0 Å². The van der Waals surface area contributed by atoms with Crippen LogP contribution in [0.2, 0.25) is 0 Å². The van der Waals surface area contributed by atoms with Crippen LogP contribution < -0.4 is 10.1 Å². The maximum atomic E-state index is 11.4. The summed E-state index contributed by atoms with van der Waals surface area (Å²) >= 11 is 0. The number of carbonyl (C=O) groups is 1. The fourth-order valence-electron chi connectivity index (χ4n) is 1.21. The van der Waals surface area contributed by atoms with Gasteiger partial charge in [-0.05, 0) is 37.6 Å². The summed E-state index contributed by atoms with van der Waals surface area (Å²) in [5.74, 6) is 0.663. The van der Waals surface area contributed by atoms with Crippen molar-refractivity contribution < 1.29 is 9.53 Å². The van der Waals surface area contributed by atoms with Crippen molar-refractivity contribution in [3.63, 3.8) is 0 Å². The summed E-state index contributed by atoms with van der Waals surface area (Å²) in [6, 6.07) is 7.34. The number of rotatable bonds is 6. The summed E-state index contributed by atoms with van der Waals surface area (Å²) in [7, 11) is 0. The van der Waals surface area contributed by atoms with Crippen molar-refractivity contribution in [1.82, 2.24) is 0 Å². The molecular weight excluding hydrogens is 214 g/mol. The smallest absolute Gasteiger partial charge is 0.250 e. The topological polar surface area (TPSA) is 38.3 Å². The molecule has 1 aromatic rings. The van der Waals surface area contributed by atoms with E-state index in [0.717, 1.165) is 30.9 Å². The van der Waals surface area contributed by atoms with Crippen molar-refractivity contribution in [3.05, 3.63) is 36.4 Å². The van der Waals surface area contributed by atoms with E-state index in [1.54, 1.807) is 6.92 Å². The van der Waals surface area contributed by atoms with Gasteiger partial charge in [-0.1, -0.05) is 19.9 Å². The van der Waals surface area contributed by atoms with E-state index >= 15 is 0 Å². The van der Waals surface area contributed by atoms with Gasteiger partial charge in [0.2, 0.25) is 0 Å². The number of anilines is 1. The summed E-state index contributed by atoms with van der Waals surface area (Å²) < 4.78 is 5.52. The average molecular weight is 233 g/mol. The van der Waals surface area contributed by atoms with Crippen LogP contribution in [0.25, 0.3) is 0 Å². The molecule has 0 aromatic heterocycles. The van der Waals surface area contributed by atoms with Crippen molar-refractivity contribution in [1.29, 1.82) is 0 Å². The largest absolute Gasteiger partial charge is 0.494 e. The first kappa shape index (κ1) is 13.3. The van der Waals surface area contributed by atoms with Crippen LogP contribution in [-0.4, -0.2) is 12.5 Å². The number of ether oxygens (including phenoxy) is 1. The van der Waals surface area contributed by atoms with Crippen LogP contribution in [0.5, 0.6) is 5.75 Å². The minimum Gasteiger partial charge on any atom is -0.494 e. The Morgan fingerprint density at radius 1 is 1.35 bits per heavy atom. The Hall–Kier alpha value is -1.77. The van der Waals surface area contributed by atoms with Crippen LogP contribution >= 0.6 is 0 Å². The maximum absolute atomic E-state index is 11.4. The summed E-state index contributed by atoms with van der Waals surface area (Å²) in [6.45, 7) is 8.11. The highest BCUT2D eigenvalue weighted by molar-refractivity contribution is 6.02. The van der Waals surface area contributed by atoms with Gasteiger partial charge in [0.05, 0.1) is 6.61 Å². The third-order valence-electron chi connectivity index (χ3n) is 2.27. The van der Waals surface area contributed by atoms with E-state index in [9.17, 15) is 4.79 Å². The van der Waals surface area contributed by atoms with E-state index in [-0.39, 0.29) is 5.91 Å². The van der Waals surface area contributed by atoms with Gasteiger partial charge in [-0.25, -0.2) is 0 Å². The number of amides is 1. The van der Waals surface area contributed by atoms with Crippen molar-refractivity contribution in [2.45, 2.75) is 26.7 Å². The third kappa shape index (κ3) is 4.72. The van der Waals surface area contributed by atoms with Crippen LogP contribution in [0.4, 0.5) is 5.69 Å². The number of unbranched alkanes of at least 4 members (excludes halogenated alkanes) is 1. The van der Waals surface area contributed by atoms with Crippen LogP contribution in [0, 0.1) is 0 Å². The molecule has 0 aliphatic heterocycles. The fraction of sp³-hybridized carbons (Fsp3) is 0.357. The van der Waals surface area contributed by atoms with Crippen LogP contribution in [-0.2, 0) is 4.79 Å². The first-order valence-corrected chi connectivity index (χ1v) is 5.83. The number of carbonyl (C=O) groups excluding carboxylic acids is 1. The molecule has 1 rings (SSSR count). The van der Waals surface area contributed by atoms with E-state index in [1.807, 2.05) is 24.3 Å². The highest BCUT2D eigenvalue weighted by Crippen LogP contribution is 2.16. The van der Waals surface area contributed by atoms with E-state index in [0.29, 0.717) is 5.57 Å². The van der Waals surface area contributed by atoms with E-state index in [1.165, 1.54) is 0 Å². The van der Waals surface area contributed by atoms with Crippen molar-refractivity contribution in [3.8, 4) is 5.75 Å². The molecule has 1 N–H and O–H groups in total. The standard InChI is InChI=1S/C14H19NO2/c1-4-5-10-17-13-8-6-12(7-9-13)15-14(16)11(2)3/h6-9H,2,4-5,10H2,1,3H3,(H,15,16). The average Bonchev–Trinajstić information content (AvgIpc) is 2.31. The lowest BCUT2D eigenvalue weighted by Gasteiger charge is -2.07. The molecule has 0 aliphatic carbocycles. The van der Waals surface area contributed by atoms with Gasteiger partial charge in [0, 0.05) is 11.3 Å². The van der Waals surface area contributed by atoms with E-state index in [2.05, 4.69) is 18.8 Å². The maximum Gasteiger partial charge on any atom is 0.250 e. The molecule has 0 heterocycles. The Labute approximate surface area is 102 Å². The van der Waals surface area contributed by atoms with Crippen LogP contribution in [0.15, 0.2) is 36.4 Å². The molecule has 0 aliphatic rings. The normalized spacial score (nSPS) is 9.76. The van der Waals surface area contributed by atoms with Gasteiger partial charge in [-0.15, -0.1) is 0 Å². The second-order valence-corrected chi connectivity index (χ2v) is 3.96. The number of benzene rings is 1. The summed E-state index contributed by atoms with van der Waals surface area (Å²) in [4.78, 5) is 11.4. The predicted molar refractivity (Wildman–Crippen MR) is 70.3 cm³/mol. The van der Waals surface area contributed by atoms with Gasteiger partial charge in [-0.3, -0.25) is 4.79 Å². The second kappa shape index (κ2) is 6.74. The molecule has 0 spiro atoms. The third-order valence-corrected chi connectivity index (χ3v) is 2.27. The minimum atomic E-state index is -0.162. The molecule has 0 saturated heterocycles. The molecule has 0 unspecified atom stereocenters. The highest BCUT2D eigenvalue weighted by atomic mass is 16.5. The molecule has 0 atom stereocenters. The monoisotopic (exact) mass is 233 g/mol. The Morgan fingerprint density at radius 2 is 2.00 bits per heavy atom. The first-order valence-electron chi connectivity index (χ1n) is 5.83. The van der Waals surface area contributed by atoms with Crippen molar-refractivity contribution >= 4 is 11.6 Å². The molecule has 1 aromatic carbocycles. The van der Waals surface area contributed by atoms with Crippen LogP contribution in [0.1, 0.15) is 26.7 Å². The van der Waals surface area contributed by atoms with Gasteiger partial charge >= 0.3 is 0 Å². The lowest BCUT2D eigenvalue weighted by molar-refractivity contribution is -0.112. The molecule has 1 amide bonds. The lowest BCUT2D eigenvalue weighted by Crippen LogP contribution is -2.11. The molecule has 92 valence electrons. The molecule has 0 saturated carbocycles. The summed E-state index contributed by atoms with van der Waals surface area (Å²) in [5.41, 5.74) is 1.24. The van der Waals surface area contributed by atoms with Gasteiger partial charge in [0.1, 0.15) is 5.75 Å². The second-order valence-electron chi connectivity index (χ2n) is 3.96. The summed E-state index contributed by atoms with van der Waals surface area (Å²) in [5, 5.41) is 2.74. The zero-order chi connectivity index (χ0) is 12.7. The SMILES string of the molecule is C=C(C)C(=O)Nc1ccc(OCCCC)cc1. The zero-order valence-electron chi connectivity index (χ0n) is 10.5. The number of hydrogen-bond acceptors (Lipinski definition) is 2. The fourth-order valence-corrected chi connectivity index (χ4v) is 1.21. The highest BCUT2D eigenvalue weighted by Gasteiger charge is 2.02. The lowest BCUT2D eigenvalue weighted by atomic mass is 10.2. The van der Waals surface area contributed by atoms with Gasteiger partial charge in [0.15, 0.2) is 0 Å². The van der Waals surface area contributed by atoms with Crippen molar-refractivity contribution in [2.24, 2.45) is 0 Å². The quantitative estimate of drug-likeness (QED) is 0.604. The van der Waals surface area contributed by atoms with Crippen molar-refractivity contribution in [2.75, 3.05) is 11.9 Å². The molecule has 17 heavy (non-hydrogen) atoms. The van der Waals surface area contributed by atoms with Gasteiger partial charge in [0.25, 0.3) is 5.91 Å². The van der Waals surface area contributed by atoms with Gasteiger partial charge in [-0.2, -0.15) is 0 Å². The predicted octanol–water partition coefficient (Wildman–Crippen LogP) is 3.38. The summed E-state index contributed by atoms with van der Waals surface area (Å²) in [6.07, 6.45) is 2.17. The number of hydrogen-bond donors (Lipinski definition) is 1. The Morgan fingerprint density at radius 3 is 2.53 bits per heavy atom. The molecule has 3 heteroatoms. The molecule has 3 nitrogen and oxygen atoms in total. The first-order chi connectivity index (χ1) is 8.13. The molecule has 0 fully saturated rings.